The zero-order valence-corrected chi connectivity index (χ0v) is 11.8. The minimum atomic E-state index is -0.342. The van der Waals surface area contributed by atoms with Gasteiger partial charge in [0, 0.05) is 11.7 Å². The van der Waals surface area contributed by atoms with E-state index in [2.05, 4.69) is 16.0 Å². The molecule has 104 valence electrons. The van der Waals surface area contributed by atoms with Crippen molar-refractivity contribution < 1.29 is 9.59 Å². The van der Waals surface area contributed by atoms with E-state index in [0.717, 1.165) is 16.8 Å². The third-order valence-electron chi connectivity index (χ3n) is 2.71. The number of hydrogen-bond donors (Lipinski definition) is 3. The first-order chi connectivity index (χ1) is 8.90. The number of carbonyl (C=O) groups excluding carboxylic acids is 2. The smallest absolute Gasteiger partial charge is 0.315 e. The van der Waals surface area contributed by atoms with Gasteiger partial charge in [-0.05, 0) is 44.9 Å². The molecule has 0 unspecified atom stereocenters. The molecule has 0 spiro atoms. The van der Waals surface area contributed by atoms with Gasteiger partial charge >= 0.3 is 6.03 Å². The number of benzene rings is 1. The highest BCUT2D eigenvalue weighted by molar-refractivity contribution is 5.95. The summed E-state index contributed by atoms with van der Waals surface area (Å²) in [5.74, 6) is -0.243. The van der Waals surface area contributed by atoms with E-state index >= 15 is 0 Å². The Morgan fingerprint density at radius 3 is 2.53 bits per heavy atom. The van der Waals surface area contributed by atoms with E-state index in [4.69, 9.17) is 0 Å². The van der Waals surface area contributed by atoms with Crippen molar-refractivity contribution in [2.75, 3.05) is 11.9 Å². The zero-order valence-electron chi connectivity index (χ0n) is 11.8. The van der Waals surface area contributed by atoms with Gasteiger partial charge in [0.2, 0.25) is 5.91 Å². The standard InChI is InChI=1S/C14H21N3O2/c1-9(2)16-14(19)15-8-13(18)17-12-7-5-6-10(3)11(12)4/h5-7,9H,8H2,1-4H3,(H,17,18)(H2,15,16,19). The van der Waals surface area contributed by atoms with E-state index in [0.29, 0.717) is 0 Å². The summed E-state index contributed by atoms with van der Waals surface area (Å²) in [7, 11) is 0. The fourth-order valence-electron chi connectivity index (χ4n) is 1.55. The highest BCUT2D eigenvalue weighted by Crippen LogP contribution is 2.17. The summed E-state index contributed by atoms with van der Waals surface area (Å²) in [6, 6.07) is 5.41. The maximum Gasteiger partial charge on any atom is 0.315 e. The van der Waals surface area contributed by atoms with E-state index in [1.54, 1.807) is 0 Å². The number of anilines is 1. The second-order valence-corrected chi connectivity index (χ2v) is 4.78. The summed E-state index contributed by atoms with van der Waals surface area (Å²) in [6.07, 6.45) is 0. The zero-order chi connectivity index (χ0) is 14.4. The quantitative estimate of drug-likeness (QED) is 0.777. The van der Waals surface area contributed by atoms with E-state index in [1.807, 2.05) is 45.9 Å². The number of aryl methyl sites for hydroxylation is 1. The van der Waals surface area contributed by atoms with Gasteiger partial charge in [0.1, 0.15) is 0 Å². The lowest BCUT2D eigenvalue weighted by Crippen LogP contribution is -2.42. The van der Waals surface area contributed by atoms with Gasteiger partial charge in [-0.3, -0.25) is 4.79 Å². The summed E-state index contributed by atoms with van der Waals surface area (Å²) in [5.41, 5.74) is 2.92. The van der Waals surface area contributed by atoms with Crippen molar-refractivity contribution in [1.82, 2.24) is 10.6 Å². The summed E-state index contributed by atoms with van der Waals surface area (Å²) in [5, 5.41) is 7.94. The Balaban J connectivity index is 2.48. The fraction of sp³-hybridized carbons (Fsp3) is 0.429. The average molecular weight is 263 g/mol. The Morgan fingerprint density at radius 2 is 1.89 bits per heavy atom. The van der Waals surface area contributed by atoms with Crippen molar-refractivity contribution in [3.05, 3.63) is 29.3 Å². The molecule has 19 heavy (non-hydrogen) atoms. The molecule has 0 aromatic heterocycles. The van der Waals surface area contributed by atoms with Crippen LogP contribution in [0.5, 0.6) is 0 Å². The van der Waals surface area contributed by atoms with Gasteiger partial charge < -0.3 is 16.0 Å². The fourth-order valence-corrected chi connectivity index (χ4v) is 1.55. The molecule has 1 rings (SSSR count). The molecule has 0 radical (unpaired) electrons. The highest BCUT2D eigenvalue weighted by atomic mass is 16.2. The summed E-state index contributed by atoms with van der Waals surface area (Å²) >= 11 is 0. The van der Waals surface area contributed by atoms with Crippen LogP contribution in [0.25, 0.3) is 0 Å². The predicted molar refractivity (Wildman–Crippen MR) is 76.2 cm³/mol. The summed E-state index contributed by atoms with van der Waals surface area (Å²) < 4.78 is 0. The van der Waals surface area contributed by atoms with Gasteiger partial charge in [0.05, 0.1) is 6.54 Å². The Bertz CT molecular complexity index is 470. The molecule has 0 saturated heterocycles. The number of rotatable bonds is 4. The SMILES string of the molecule is Cc1cccc(NC(=O)CNC(=O)NC(C)C)c1C. The van der Waals surface area contributed by atoms with E-state index in [-0.39, 0.29) is 24.5 Å². The van der Waals surface area contributed by atoms with Crippen molar-refractivity contribution in [2.24, 2.45) is 0 Å². The molecule has 0 saturated carbocycles. The molecule has 3 amide bonds. The Kier molecular flexibility index (Phi) is 5.36. The lowest BCUT2D eigenvalue weighted by atomic mass is 10.1. The number of hydrogen-bond acceptors (Lipinski definition) is 2. The second-order valence-electron chi connectivity index (χ2n) is 4.78. The van der Waals surface area contributed by atoms with E-state index in [9.17, 15) is 9.59 Å². The van der Waals surface area contributed by atoms with Crippen molar-refractivity contribution in [2.45, 2.75) is 33.7 Å². The van der Waals surface area contributed by atoms with Gasteiger partial charge in [0.25, 0.3) is 0 Å². The molecule has 0 aliphatic carbocycles. The van der Waals surface area contributed by atoms with Crippen LogP contribution in [0.2, 0.25) is 0 Å². The normalized spacial score (nSPS) is 10.2. The van der Waals surface area contributed by atoms with Crippen LogP contribution >= 0.6 is 0 Å². The highest BCUT2D eigenvalue weighted by Gasteiger charge is 2.08. The van der Waals surface area contributed by atoms with Crippen LogP contribution in [0.3, 0.4) is 0 Å². The van der Waals surface area contributed by atoms with Crippen LogP contribution < -0.4 is 16.0 Å². The van der Waals surface area contributed by atoms with Crippen molar-refractivity contribution in [1.29, 1.82) is 0 Å². The third kappa shape index (κ3) is 4.99. The molecule has 0 heterocycles. The lowest BCUT2D eigenvalue weighted by molar-refractivity contribution is -0.115. The van der Waals surface area contributed by atoms with E-state index in [1.165, 1.54) is 0 Å². The topological polar surface area (TPSA) is 70.2 Å². The first-order valence-corrected chi connectivity index (χ1v) is 6.30. The largest absolute Gasteiger partial charge is 0.336 e. The van der Waals surface area contributed by atoms with Gasteiger partial charge in [-0.2, -0.15) is 0 Å². The molecule has 0 atom stereocenters. The molecule has 0 bridgehead atoms. The van der Waals surface area contributed by atoms with Crippen molar-refractivity contribution in [3.63, 3.8) is 0 Å². The average Bonchev–Trinajstić information content (AvgIpc) is 2.32. The lowest BCUT2D eigenvalue weighted by Gasteiger charge is -2.12. The van der Waals surface area contributed by atoms with Crippen LogP contribution in [0, 0.1) is 13.8 Å². The van der Waals surface area contributed by atoms with Gasteiger partial charge in [0.15, 0.2) is 0 Å². The Hall–Kier alpha value is -2.04. The van der Waals surface area contributed by atoms with E-state index < -0.39 is 0 Å². The molecule has 1 aromatic rings. The first kappa shape index (κ1) is 15.0. The summed E-state index contributed by atoms with van der Waals surface area (Å²) in [4.78, 5) is 23.0. The van der Waals surface area contributed by atoms with Gasteiger partial charge in [-0.1, -0.05) is 12.1 Å². The first-order valence-electron chi connectivity index (χ1n) is 6.30. The number of amides is 3. The Morgan fingerprint density at radius 1 is 1.21 bits per heavy atom. The molecule has 0 fully saturated rings. The molecule has 3 N–H and O–H groups in total. The minimum absolute atomic E-state index is 0.0436. The maximum atomic E-state index is 11.7. The molecular weight excluding hydrogens is 242 g/mol. The van der Waals surface area contributed by atoms with Crippen LogP contribution in [0.15, 0.2) is 18.2 Å². The molecule has 0 aliphatic rings. The Labute approximate surface area is 113 Å². The van der Waals surface area contributed by atoms with Crippen molar-refractivity contribution >= 4 is 17.6 Å². The van der Waals surface area contributed by atoms with Crippen LogP contribution in [0.4, 0.5) is 10.5 Å². The molecule has 0 aliphatic heterocycles. The molecule has 5 heteroatoms. The monoisotopic (exact) mass is 263 g/mol. The second kappa shape index (κ2) is 6.78. The van der Waals surface area contributed by atoms with Crippen LogP contribution in [-0.4, -0.2) is 24.5 Å². The molecular formula is C14H21N3O2. The van der Waals surface area contributed by atoms with Gasteiger partial charge in [-0.15, -0.1) is 0 Å². The minimum Gasteiger partial charge on any atom is -0.336 e. The summed E-state index contributed by atoms with van der Waals surface area (Å²) in [6.45, 7) is 7.60. The van der Waals surface area contributed by atoms with Gasteiger partial charge in [-0.25, -0.2) is 4.79 Å². The number of nitrogens with one attached hydrogen (secondary N) is 3. The predicted octanol–water partition coefficient (Wildman–Crippen LogP) is 1.95. The van der Waals surface area contributed by atoms with Crippen molar-refractivity contribution in [3.8, 4) is 0 Å². The van der Waals surface area contributed by atoms with Crippen LogP contribution in [-0.2, 0) is 4.79 Å². The number of urea groups is 1. The van der Waals surface area contributed by atoms with Crippen LogP contribution in [0.1, 0.15) is 25.0 Å². The third-order valence-corrected chi connectivity index (χ3v) is 2.71. The maximum absolute atomic E-state index is 11.7. The number of carbonyl (C=O) groups is 2. The molecule has 5 nitrogen and oxygen atoms in total. The molecule has 1 aromatic carbocycles.